The largest absolute Gasteiger partial charge is 0.494 e. The lowest BCUT2D eigenvalue weighted by Gasteiger charge is -2.26. The highest BCUT2D eigenvalue weighted by molar-refractivity contribution is 5.30. The Morgan fingerprint density at radius 1 is 0.900 bits per heavy atom. The van der Waals surface area contributed by atoms with Crippen LogP contribution < -0.4 is 4.74 Å². The summed E-state index contributed by atoms with van der Waals surface area (Å²) in [6.07, 6.45) is 20.1. The number of hydrogen-bond acceptors (Lipinski definition) is 1. The third kappa shape index (κ3) is 7.54. The van der Waals surface area contributed by atoms with E-state index in [1.807, 2.05) is 0 Å². The van der Waals surface area contributed by atoms with Gasteiger partial charge < -0.3 is 4.74 Å². The standard InChI is InChI=1S/C29H42O/c1-3-5-8-23-30-29-21-19-28(20-22-29)27-17-15-26(16-18-27)10-7-6-9-25-13-11-24(4-2)12-14-25/h6,9,19-22,24-27H,3-5,8,11-18,23H2,1-2H3/t24-,25-,26-,27-. The fourth-order valence-electron chi connectivity index (χ4n) is 5.09. The second kappa shape index (κ2) is 12.9. The first-order valence-corrected chi connectivity index (χ1v) is 12.7. The molecule has 2 aliphatic rings. The van der Waals surface area contributed by atoms with Gasteiger partial charge in [-0.15, -0.1) is 0 Å². The molecule has 3 rings (SSSR count). The summed E-state index contributed by atoms with van der Waals surface area (Å²) in [6, 6.07) is 8.88. The van der Waals surface area contributed by atoms with Crippen molar-refractivity contribution < 1.29 is 4.74 Å². The fourth-order valence-corrected chi connectivity index (χ4v) is 5.09. The van der Waals surface area contributed by atoms with Crippen LogP contribution in [0.1, 0.15) is 102 Å². The maximum Gasteiger partial charge on any atom is 0.119 e. The summed E-state index contributed by atoms with van der Waals surface area (Å²) in [6.45, 7) is 5.40. The van der Waals surface area contributed by atoms with Crippen molar-refractivity contribution in [1.82, 2.24) is 0 Å². The molecule has 0 heterocycles. The molecule has 0 N–H and O–H groups in total. The summed E-state index contributed by atoms with van der Waals surface area (Å²) >= 11 is 0. The van der Waals surface area contributed by atoms with Crippen LogP contribution in [-0.2, 0) is 0 Å². The lowest BCUT2D eigenvalue weighted by Crippen LogP contribution is -2.12. The molecule has 0 bridgehead atoms. The number of unbranched alkanes of at least 4 members (excludes halogenated alkanes) is 2. The molecule has 0 unspecified atom stereocenters. The van der Waals surface area contributed by atoms with E-state index in [0.29, 0.717) is 11.8 Å². The van der Waals surface area contributed by atoms with Gasteiger partial charge >= 0.3 is 0 Å². The Labute approximate surface area is 185 Å². The molecule has 0 atom stereocenters. The number of hydrogen-bond donors (Lipinski definition) is 0. The van der Waals surface area contributed by atoms with E-state index in [-0.39, 0.29) is 0 Å². The molecule has 164 valence electrons. The Balaban J connectivity index is 1.37. The van der Waals surface area contributed by atoms with Gasteiger partial charge in [-0.3, -0.25) is 0 Å². The van der Waals surface area contributed by atoms with Crippen molar-refractivity contribution in [2.45, 2.75) is 96.8 Å². The van der Waals surface area contributed by atoms with Gasteiger partial charge in [-0.25, -0.2) is 0 Å². The van der Waals surface area contributed by atoms with Gasteiger partial charge in [0, 0.05) is 5.92 Å². The van der Waals surface area contributed by atoms with Gasteiger partial charge in [-0.05, 0) is 99.3 Å². The van der Waals surface area contributed by atoms with Crippen LogP contribution in [0.3, 0.4) is 0 Å². The molecule has 1 aromatic rings. The third-order valence-electron chi connectivity index (χ3n) is 7.30. The SMILES string of the molecule is CCCCCOc1ccc([C@H]2CC[C@H](C#CC=C[C@H]3CC[C@H](CC)CC3)CC2)cc1. The Morgan fingerprint density at radius 2 is 1.63 bits per heavy atom. The predicted molar refractivity (Wildman–Crippen MR) is 129 cm³/mol. The summed E-state index contributed by atoms with van der Waals surface area (Å²) in [4.78, 5) is 0. The van der Waals surface area contributed by atoms with Crippen LogP contribution in [0.2, 0.25) is 0 Å². The molecule has 0 aliphatic heterocycles. The molecule has 0 aromatic heterocycles. The van der Waals surface area contributed by atoms with E-state index in [0.717, 1.165) is 30.6 Å². The molecule has 1 nitrogen and oxygen atoms in total. The smallest absolute Gasteiger partial charge is 0.119 e. The second-order valence-corrected chi connectivity index (χ2v) is 9.51. The van der Waals surface area contributed by atoms with Crippen LogP contribution in [0.25, 0.3) is 0 Å². The van der Waals surface area contributed by atoms with Crippen LogP contribution in [0, 0.1) is 29.6 Å². The molecule has 2 saturated carbocycles. The first-order valence-electron chi connectivity index (χ1n) is 12.7. The van der Waals surface area contributed by atoms with Crippen LogP contribution >= 0.6 is 0 Å². The Morgan fingerprint density at radius 3 is 2.30 bits per heavy atom. The average Bonchev–Trinajstić information content (AvgIpc) is 2.81. The highest BCUT2D eigenvalue weighted by atomic mass is 16.5. The van der Waals surface area contributed by atoms with E-state index in [4.69, 9.17) is 4.74 Å². The van der Waals surface area contributed by atoms with E-state index in [1.54, 1.807) is 0 Å². The molecule has 30 heavy (non-hydrogen) atoms. The molecule has 0 radical (unpaired) electrons. The summed E-state index contributed by atoms with van der Waals surface area (Å²) in [5.41, 5.74) is 1.48. The molecule has 0 saturated heterocycles. The van der Waals surface area contributed by atoms with Crippen molar-refractivity contribution in [2.24, 2.45) is 17.8 Å². The van der Waals surface area contributed by atoms with Crippen LogP contribution in [0.4, 0.5) is 0 Å². The molecule has 0 spiro atoms. The van der Waals surface area contributed by atoms with Crippen LogP contribution in [0.5, 0.6) is 5.75 Å². The summed E-state index contributed by atoms with van der Waals surface area (Å²) in [5.74, 6) is 11.0. The first kappa shape index (κ1) is 23.0. The summed E-state index contributed by atoms with van der Waals surface area (Å²) in [7, 11) is 0. The molecule has 1 heteroatoms. The molecular formula is C29H42O. The molecular weight excluding hydrogens is 364 g/mol. The van der Waals surface area contributed by atoms with Gasteiger partial charge in [-0.1, -0.05) is 63.2 Å². The lowest BCUT2D eigenvalue weighted by atomic mass is 9.79. The Bertz CT molecular complexity index is 673. The van der Waals surface area contributed by atoms with Crippen molar-refractivity contribution in [1.29, 1.82) is 0 Å². The highest BCUT2D eigenvalue weighted by Crippen LogP contribution is 2.36. The number of allylic oxidation sites excluding steroid dienone is 2. The topological polar surface area (TPSA) is 9.23 Å². The zero-order valence-electron chi connectivity index (χ0n) is 19.4. The van der Waals surface area contributed by atoms with Gasteiger partial charge in [0.2, 0.25) is 0 Å². The van der Waals surface area contributed by atoms with Crippen molar-refractivity contribution in [2.75, 3.05) is 6.61 Å². The Hall–Kier alpha value is -1.68. The quantitative estimate of drug-likeness (QED) is 0.311. The predicted octanol–water partition coefficient (Wildman–Crippen LogP) is 8.31. The molecule has 0 amide bonds. The summed E-state index contributed by atoms with van der Waals surface area (Å²) in [5, 5.41) is 0. The van der Waals surface area contributed by atoms with Crippen LogP contribution in [-0.4, -0.2) is 6.61 Å². The van der Waals surface area contributed by atoms with E-state index in [9.17, 15) is 0 Å². The minimum atomic E-state index is 0.586. The maximum absolute atomic E-state index is 5.85. The third-order valence-corrected chi connectivity index (χ3v) is 7.30. The van der Waals surface area contributed by atoms with Crippen molar-refractivity contribution in [3.8, 4) is 17.6 Å². The minimum absolute atomic E-state index is 0.586. The molecule has 2 fully saturated rings. The second-order valence-electron chi connectivity index (χ2n) is 9.51. The van der Waals surface area contributed by atoms with Crippen molar-refractivity contribution >= 4 is 0 Å². The van der Waals surface area contributed by atoms with E-state index in [1.165, 1.54) is 76.2 Å². The van der Waals surface area contributed by atoms with Crippen LogP contribution in [0.15, 0.2) is 36.4 Å². The number of benzene rings is 1. The van der Waals surface area contributed by atoms with E-state index in [2.05, 4.69) is 62.1 Å². The maximum atomic E-state index is 5.85. The van der Waals surface area contributed by atoms with Crippen molar-refractivity contribution in [3.05, 3.63) is 42.0 Å². The lowest BCUT2D eigenvalue weighted by molar-refractivity contribution is 0.304. The first-order chi connectivity index (χ1) is 14.8. The van der Waals surface area contributed by atoms with Gasteiger partial charge in [0.05, 0.1) is 6.61 Å². The van der Waals surface area contributed by atoms with E-state index >= 15 is 0 Å². The minimum Gasteiger partial charge on any atom is -0.494 e. The molecule has 2 aliphatic carbocycles. The van der Waals surface area contributed by atoms with Gasteiger partial charge in [0.25, 0.3) is 0 Å². The average molecular weight is 407 g/mol. The zero-order chi connectivity index (χ0) is 21.0. The number of rotatable bonds is 8. The normalized spacial score (nSPS) is 26.9. The van der Waals surface area contributed by atoms with Gasteiger partial charge in [0.1, 0.15) is 5.75 Å². The highest BCUT2D eigenvalue weighted by Gasteiger charge is 2.21. The zero-order valence-corrected chi connectivity index (χ0v) is 19.4. The Kier molecular flexibility index (Phi) is 9.88. The molecule has 1 aromatic carbocycles. The fraction of sp³-hybridized carbons (Fsp3) is 0.655. The monoisotopic (exact) mass is 406 g/mol. The number of ether oxygens (including phenoxy) is 1. The van der Waals surface area contributed by atoms with Gasteiger partial charge in [0.15, 0.2) is 0 Å². The summed E-state index contributed by atoms with van der Waals surface area (Å²) < 4.78 is 5.85. The van der Waals surface area contributed by atoms with Crippen molar-refractivity contribution in [3.63, 3.8) is 0 Å². The van der Waals surface area contributed by atoms with E-state index < -0.39 is 0 Å². The van der Waals surface area contributed by atoms with Gasteiger partial charge in [-0.2, -0.15) is 0 Å².